The fraction of sp³-hybridized carbons (Fsp3) is 0.375. The van der Waals surface area contributed by atoms with Crippen LogP contribution < -0.4 is 0 Å². The van der Waals surface area contributed by atoms with Crippen molar-refractivity contribution in [1.82, 2.24) is 14.1 Å². The van der Waals surface area contributed by atoms with Crippen LogP contribution in [0.4, 0.5) is 0 Å². The van der Waals surface area contributed by atoms with E-state index in [2.05, 4.69) is 6.07 Å². The minimum Gasteiger partial charge on any atom is -0.340 e. The van der Waals surface area contributed by atoms with Crippen LogP contribution in [0.3, 0.4) is 0 Å². The van der Waals surface area contributed by atoms with Gasteiger partial charge in [-0.05, 0) is 48.7 Å². The smallest absolute Gasteiger partial charge is 0.254 e. The molecule has 0 bridgehead atoms. The van der Waals surface area contributed by atoms with Crippen molar-refractivity contribution < 1.29 is 18.0 Å². The molecule has 178 valence electrons. The lowest BCUT2D eigenvalue weighted by Gasteiger charge is -2.34. The maximum absolute atomic E-state index is 13.3. The van der Waals surface area contributed by atoms with Crippen LogP contribution in [-0.2, 0) is 21.4 Å². The minimum atomic E-state index is -3.78. The fourth-order valence-corrected chi connectivity index (χ4v) is 5.99. The number of carbonyl (C=O) groups is 2. The summed E-state index contributed by atoms with van der Waals surface area (Å²) in [5, 5.41) is 9.54. The lowest BCUT2D eigenvalue weighted by Crippen LogP contribution is -2.49. The molecule has 0 saturated carbocycles. The monoisotopic (exact) mass is 500 g/mol. The Bertz CT molecular complexity index is 1240. The molecule has 34 heavy (non-hydrogen) atoms. The van der Waals surface area contributed by atoms with Gasteiger partial charge in [-0.1, -0.05) is 29.8 Å². The number of halogens is 1. The summed E-state index contributed by atoms with van der Waals surface area (Å²) in [7, 11) is -2.08. The zero-order chi connectivity index (χ0) is 24.5. The zero-order valence-electron chi connectivity index (χ0n) is 18.7. The van der Waals surface area contributed by atoms with Crippen LogP contribution >= 0.6 is 11.6 Å². The van der Waals surface area contributed by atoms with E-state index in [-0.39, 0.29) is 41.3 Å². The number of sulfonamides is 1. The number of likely N-dealkylation sites (N-methyl/N-ethyl adjacent to an activating group) is 1. The van der Waals surface area contributed by atoms with Crippen LogP contribution in [0.1, 0.15) is 28.8 Å². The van der Waals surface area contributed by atoms with Crippen molar-refractivity contribution in [3.63, 3.8) is 0 Å². The van der Waals surface area contributed by atoms with E-state index in [0.29, 0.717) is 31.0 Å². The summed E-state index contributed by atoms with van der Waals surface area (Å²) >= 11 is 5.93. The highest BCUT2D eigenvalue weighted by Crippen LogP contribution is 2.27. The number of amides is 2. The van der Waals surface area contributed by atoms with Gasteiger partial charge in [0.2, 0.25) is 15.9 Å². The molecule has 0 spiro atoms. The maximum Gasteiger partial charge on any atom is 0.254 e. The second-order valence-electron chi connectivity index (χ2n) is 8.65. The van der Waals surface area contributed by atoms with Crippen molar-refractivity contribution >= 4 is 33.4 Å². The molecule has 0 unspecified atom stereocenters. The number of carbonyl (C=O) groups excluding carboxylic acids is 2. The van der Waals surface area contributed by atoms with Gasteiger partial charge >= 0.3 is 0 Å². The highest BCUT2D eigenvalue weighted by atomic mass is 35.5. The molecular formula is C24H25ClN4O4S. The quantitative estimate of drug-likeness (QED) is 0.607. The van der Waals surface area contributed by atoms with Gasteiger partial charge in [0.1, 0.15) is 6.04 Å². The Labute approximate surface area is 204 Å². The van der Waals surface area contributed by atoms with E-state index in [1.54, 1.807) is 30.1 Å². The van der Waals surface area contributed by atoms with Gasteiger partial charge in [-0.15, -0.1) is 0 Å². The second-order valence-corrected chi connectivity index (χ2v) is 11.0. The Morgan fingerprint density at radius 2 is 1.88 bits per heavy atom. The molecule has 0 aliphatic carbocycles. The summed E-state index contributed by atoms with van der Waals surface area (Å²) in [5.74, 6) is -0.833. The highest BCUT2D eigenvalue weighted by Gasteiger charge is 2.38. The predicted octanol–water partition coefficient (Wildman–Crippen LogP) is 2.75. The summed E-state index contributed by atoms with van der Waals surface area (Å²) in [4.78, 5) is 29.6. The van der Waals surface area contributed by atoms with Crippen molar-refractivity contribution in [2.45, 2.75) is 30.3 Å². The number of rotatable bonds is 6. The van der Waals surface area contributed by atoms with Gasteiger partial charge in [0.05, 0.1) is 16.9 Å². The van der Waals surface area contributed by atoms with E-state index < -0.39 is 16.1 Å². The van der Waals surface area contributed by atoms with Crippen LogP contribution in [-0.4, -0.2) is 67.1 Å². The molecule has 8 nitrogen and oxygen atoms in total. The summed E-state index contributed by atoms with van der Waals surface area (Å²) in [6.07, 6.45) is 1.25. The average molecular weight is 501 g/mol. The Balaban J connectivity index is 1.48. The van der Waals surface area contributed by atoms with Crippen molar-refractivity contribution in [3.8, 4) is 6.07 Å². The molecule has 2 heterocycles. The maximum atomic E-state index is 13.3. The number of hydrogen-bond acceptors (Lipinski definition) is 5. The van der Waals surface area contributed by atoms with E-state index in [0.717, 1.165) is 5.56 Å². The van der Waals surface area contributed by atoms with Crippen molar-refractivity contribution in [2.75, 3.05) is 26.7 Å². The van der Waals surface area contributed by atoms with Crippen LogP contribution in [0, 0.1) is 17.2 Å². The second kappa shape index (κ2) is 9.74. The zero-order valence-corrected chi connectivity index (χ0v) is 20.3. The first kappa shape index (κ1) is 24.2. The van der Waals surface area contributed by atoms with Gasteiger partial charge in [0, 0.05) is 43.8 Å². The normalized spacial score (nSPS) is 18.9. The van der Waals surface area contributed by atoms with Gasteiger partial charge in [-0.3, -0.25) is 9.59 Å². The van der Waals surface area contributed by atoms with Crippen LogP contribution in [0.25, 0.3) is 0 Å². The largest absolute Gasteiger partial charge is 0.340 e. The Hall–Kier alpha value is -2.93. The summed E-state index contributed by atoms with van der Waals surface area (Å²) < 4.78 is 26.9. The first-order chi connectivity index (χ1) is 16.2. The lowest BCUT2D eigenvalue weighted by atomic mass is 10.1. The third-order valence-corrected chi connectivity index (χ3v) is 8.34. The number of nitrogens with zero attached hydrogens (tertiary/aromatic N) is 4. The van der Waals surface area contributed by atoms with Crippen molar-refractivity contribution in [2.24, 2.45) is 5.92 Å². The van der Waals surface area contributed by atoms with E-state index >= 15 is 0 Å². The molecule has 2 fully saturated rings. The van der Waals surface area contributed by atoms with E-state index in [4.69, 9.17) is 16.9 Å². The third kappa shape index (κ3) is 4.80. The molecule has 2 saturated heterocycles. The Kier molecular flexibility index (Phi) is 6.94. The number of hydrogen-bond donors (Lipinski definition) is 0. The number of likely N-dealkylation sites (tertiary alicyclic amines) is 1. The first-order valence-corrected chi connectivity index (χ1v) is 12.8. The van der Waals surface area contributed by atoms with Gasteiger partial charge in [-0.2, -0.15) is 9.57 Å². The highest BCUT2D eigenvalue weighted by molar-refractivity contribution is 7.89. The van der Waals surface area contributed by atoms with Gasteiger partial charge < -0.3 is 9.80 Å². The third-order valence-electron chi connectivity index (χ3n) is 6.26. The topological polar surface area (TPSA) is 102 Å². The molecule has 10 heteroatoms. The molecular weight excluding hydrogens is 476 g/mol. The molecule has 0 N–H and O–H groups in total. The fourth-order valence-electron chi connectivity index (χ4n) is 4.28. The van der Waals surface area contributed by atoms with E-state index in [1.165, 1.54) is 27.4 Å². The molecule has 2 aliphatic rings. The SMILES string of the molecule is CN(Cc1ccc(Cl)cc1)C(=O)[C@H]1CCCN1C(=O)c1cccc(S(=O)(=O)N2CC(C#N)C2)c1. The molecule has 2 aromatic rings. The van der Waals surface area contributed by atoms with Crippen LogP contribution in [0.15, 0.2) is 53.4 Å². The summed E-state index contributed by atoms with van der Waals surface area (Å²) in [6, 6.07) is 14.6. The number of benzene rings is 2. The summed E-state index contributed by atoms with van der Waals surface area (Å²) in [6.45, 7) is 1.12. The Morgan fingerprint density at radius 1 is 1.18 bits per heavy atom. The first-order valence-electron chi connectivity index (χ1n) is 11.0. The summed E-state index contributed by atoms with van der Waals surface area (Å²) in [5.41, 5.74) is 1.15. The average Bonchev–Trinajstić information content (AvgIpc) is 3.28. The van der Waals surface area contributed by atoms with E-state index in [9.17, 15) is 18.0 Å². The standard InChI is InChI=1S/C24H25ClN4O4S/c1-27(14-17-7-9-20(25)10-8-17)24(31)22-6-3-11-29(22)23(30)19-4-2-5-21(12-19)34(32,33)28-15-18(13-26)16-28/h2,4-5,7-10,12,18,22H,3,6,11,14-16H2,1H3/t22-/m1/s1. The van der Waals surface area contributed by atoms with E-state index in [1.807, 2.05) is 12.1 Å². The molecule has 0 radical (unpaired) electrons. The molecule has 0 aromatic heterocycles. The van der Waals surface area contributed by atoms with Gasteiger partial charge in [-0.25, -0.2) is 8.42 Å². The van der Waals surface area contributed by atoms with Crippen LogP contribution in [0.5, 0.6) is 0 Å². The lowest BCUT2D eigenvalue weighted by molar-refractivity contribution is -0.134. The molecule has 2 aromatic carbocycles. The number of nitriles is 1. The minimum absolute atomic E-state index is 0.0108. The predicted molar refractivity (Wildman–Crippen MR) is 126 cm³/mol. The van der Waals surface area contributed by atoms with Gasteiger partial charge in [0.15, 0.2) is 0 Å². The molecule has 2 amide bonds. The van der Waals surface area contributed by atoms with Crippen molar-refractivity contribution in [3.05, 3.63) is 64.7 Å². The molecule has 1 atom stereocenters. The molecule has 4 rings (SSSR count). The van der Waals surface area contributed by atoms with Crippen molar-refractivity contribution in [1.29, 1.82) is 5.26 Å². The Morgan fingerprint density at radius 3 is 2.56 bits per heavy atom. The van der Waals surface area contributed by atoms with Gasteiger partial charge in [0.25, 0.3) is 5.91 Å². The van der Waals surface area contributed by atoms with Crippen LogP contribution in [0.2, 0.25) is 5.02 Å². The molecule has 2 aliphatic heterocycles.